The molecular weight excluding hydrogens is 322 g/mol. The molecule has 0 aromatic heterocycles. The van der Waals surface area contributed by atoms with Crippen LogP contribution >= 0.6 is 0 Å². The average Bonchev–Trinajstić information content (AvgIpc) is 2.51. The zero-order valence-electron chi connectivity index (χ0n) is 14.9. The lowest BCUT2D eigenvalue weighted by Gasteiger charge is -2.54. The molecule has 1 atom stereocenters. The van der Waals surface area contributed by atoms with Gasteiger partial charge in [-0.1, -0.05) is 6.07 Å². The quantitative estimate of drug-likeness (QED) is 0.829. The number of carbonyl (C=O) groups excluding carboxylic acids is 2. The molecule has 0 aliphatic carbocycles. The van der Waals surface area contributed by atoms with Crippen LogP contribution in [0.2, 0.25) is 0 Å². The van der Waals surface area contributed by atoms with Crippen LogP contribution in [-0.4, -0.2) is 77.7 Å². The Hall–Kier alpha value is -2.12. The summed E-state index contributed by atoms with van der Waals surface area (Å²) in [6.07, 6.45) is 0. The summed E-state index contributed by atoms with van der Waals surface area (Å²) in [6.45, 7) is 5.77. The fourth-order valence-corrected chi connectivity index (χ4v) is 3.46. The van der Waals surface area contributed by atoms with E-state index in [1.54, 1.807) is 17.0 Å². The van der Waals surface area contributed by atoms with E-state index in [4.69, 9.17) is 4.74 Å². The van der Waals surface area contributed by atoms with Gasteiger partial charge in [0.25, 0.3) is 5.91 Å². The highest BCUT2D eigenvalue weighted by Gasteiger charge is 2.51. The average molecular weight is 347 g/mol. The lowest BCUT2D eigenvalue weighted by atomic mass is 9.90. The third-order valence-electron chi connectivity index (χ3n) is 4.69. The number of phenolic OH excluding ortho intramolecular Hbond substituents is 1. The van der Waals surface area contributed by atoms with Crippen molar-refractivity contribution in [2.45, 2.75) is 31.5 Å². The fraction of sp³-hybridized carbons (Fsp3) is 0.556. The standard InChI is InChI=1S/C18H25N3O4/c1-12(2)19-16(23)15-8-25-18(9-20(15)3)10-21(11-18)17(24)13-5-4-6-14(22)7-13/h4-7,12,15,22H,8-11H2,1-3H3,(H,19,23)/t15-/m1/s1. The molecule has 1 spiro atoms. The van der Waals surface area contributed by atoms with Crippen LogP contribution < -0.4 is 5.32 Å². The molecule has 0 unspecified atom stereocenters. The first-order valence-electron chi connectivity index (χ1n) is 8.52. The Balaban J connectivity index is 1.57. The first kappa shape index (κ1) is 17.7. The summed E-state index contributed by atoms with van der Waals surface area (Å²) in [4.78, 5) is 28.4. The number of hydrogen-bond acceptors (Lipinski definition) is 5. The van der Waals surface area contributed by atoms with Gasteiger partial charge in [-0.05, 0) is 39.1 Å². The van der Waals surface area contributed by atoms with Gasteiger partial charge in [-0.3, -0.25) is 14.5 Å². The van der Waals surface area contributed by atoms with E-state index in [-0.39, 0.29) is 29.6 Å². The molecule has 25 heavy (non-hydrogen) atoms. The van der Waals surface area contributed by atoms with E-state index in [0.29, 0.717) is 31.8 Å². The molecule has 2 aliphatic rings. The van der Waals surface area contributed by atoms with Gasteiger partial charge < -0.3 is 20.1 Å². The molecule has 2 fully saturated rings. The van der Waals surface area contributed by atoms with Gasteiger partial charge in [-0.25, -0.2) is 0 Å². The van der Waals surface area contributed by atoms with Crippen molar-refractivity contribution in [1.82, 2.24) is 15.1 Å². The zero-order valence-corrected chi connectivity index (χ0v) is 14.9. The van der Waals surface area contributed by atoms with Crippen LogP contribution in [0.4, 0.5) is 0 Å². The molecular formula is C18H25N3O4. The molecule has 2 amide bonds. The van der Waals surface area contributed by atoms with Crippen LogP contribution in [0, 0.1) is 0 Å². The number of rotatable bonds is 3. The van der Waals surface area contributed by atoms with Crippen LogP contribution in [-0.2, 0) is 9.53 Å². The van der Waals surface area contributed by atoms with E-state index >= 15 is 0 Å². The van der Waals surface area contributed by atoms with Crippen molar-refractivity contribution in [3.05, 3.63) is 29.8 Å². The smallest absolute Gasteiger partial charge is 0.254 e. The SMILES string of the molecule is CC(C)NC(=O)[C@H]1COC2(CN(C(=O)c3cccc(O)c3)C2)CN1C. The van der Waals surface area contributed by atoms with Crippen molar-refractivity contribution >= 4 is 11.8 Å². The van der Waals surface area contributed by atoms with Gasteiger partial charge in [-0.2, -0.15) is 0 Å². The van der Waals surface area contributed by atoms with E-state index in [1.807, 2.05) is 25.8 Å². The maximum absolute atomic E-state index is 12.5. The van der Waals surface area contributed by atoms with Crippen molar-refractivity contribution in [1.29, 1.82) is 0 Å². The number of aromatic hydroxyl groups is 1. The van der Waals surface area contributed by atoms with Crippen molar-refractivity contribution < 1.29 is 19.4 Å². The number of amides is 2. The molecule has 1 aromatic carbocycles. The van der Waals surface area contributed by atoms with Crippen LogP contribution in [0.15, 0.2) is 24.3 Å². The third kappa shape index (κ3) is 3.62. The second kappa shape index (κ2) is 6.65. The summed E-state index contributed by atoms with van der Waals surface area (Å²) in [5, 5.41) is 12.4. The first-order chi connectivity index (χ1) is 11.8. The minimum atomic E-state index is -0.407. The second-order valence-electron chi connectivity index (χ2n) is 7.30. The molecule has 2 N–H and O–H groups in total. The number of likely N-dealkylation sites (tertiary alicyclic amines) is 1. The predicted octanol–water partition coefficient (Wildman–Crippen LogP) is 0.442. The molecule has 0 saturated carbocycles. The van der Waals surface area contributed by atoms with Gasteiger partial charge in [0, 0.05) is 18.2 Å². The van der Waals surface area contributed by atoms with E-state index in [2.05, 4.69) is 5.32 Å². The molecule has 136 valence electrons. The minimum absolute atomic E-state index is 0.0284. The number of morpholine rings is 1. The molecule has 2 aliphatic heterocycles. The number of phenols is 1. The Bertz CT molecular complexity index is 670. The molecule has 0 radical (unpaired) electrons. The van der Waals surface area contributed by atoms with Crippen molar-refractivity contribution in [2.24, 2.45) is 0 Å². The largest absolute Gasteiger partial charge is 0.508 e. The van der Waals surface area contributed by atoms with Crippen LogP contribution in [0.3, 0.4) is 0 Å². The van der Waals surface area contributed by atoms with Crippen molar-refractivity contribution in [3.63, 3.8) is 0 Å². The number of nitrogens with one attached hydrogen (secondary N) is 1. The fourth-order valence-electron chi connectivity index (χ4n) is 3.46. The number of nitrogens with zero attached hydrogens (tertiary/aromatic N) is 2. The van der Waals surface area contributed by atoms with Gasteiger partial charge in [0.05, 0.1) is 19.7 Å². The molecule has 2 heterocycles. The normalized spacial score (nSPS) is 22.7. The molecule has 2 saturated heterocycles. The number of benzene rings is 1. The lowest BCUT2D eigenvalue weighted by Crippen LogP contribution is -2.73. The second-order valence-corrected chi connectivity index (χ2v) is 7.30. The summed E-state index contributed by atoms with van der Waals surface area (Å²) >= 11 is 0. The van der Waals surface area contributed by atoms with E-state index in [1.165, 1.54) is 12.1 Å². The van der Waals surface area contributed by atoms with Crippen LogP contribution in [0.25, 0.3) is 0 Å². The highest BCUT2D eigenvalue weighted by atomic mass is 16.5. The van der Waals surface area contributed by atoms with Crippen molar-refractivity contribution in [3.8, 4) is 5.75 Å². The maximum atomic E-state index is 12.5. The molecule has 7 heteroatoms. The van der Waals surface area contributed by atoms with Gasteiger partial charge in [-0.15, -0.1) is 0 Å². The number of carbonyl (C=O) groups is 2. The van der Waals surface area contributed by atoms with Crippen LogP contribution in [0.5, 0.6) is 5.75 Å². The Labute approximate surface area is 147 Å². The van der Waals surface area contributed by atoms with E-state index < -0.39 is 5.60 Å². The summed E-state index contributed by atoms with van der Waals surface area (Å²) in [6, 6.07) is 6.14. The number of ether oxygens (including phenoxy) is 1. The van der Waals surface area contributed by atoms with Gasteiger partial charge in [0.2, 0.25) is 5.91 Å². The maximum Gasteiger partial charge on any atom is 0.254 e. The molecule has 3 rings (SSSR count). The summed E-state index contributed by atoms with van der Waals surface area (Å²) < 4.78 is 5.98. The van der Waals surface area contributed by atoms with Gasteiger partial charge in [0.15, 0.2) is 0 Å². The Morgan fingerprint density at radius 3 is 2.64 bits per heavy atom. The minimum Gasteiger partial charge on any atom is -0.508 e. The Morgan fingerprint density at radius 2 is 2.04 bits per heavy atom. The topological polar surface area (TPSA) is 82.1 Å². The monoisotopic (exact) mass is 347 g/mol. The lowest BCUT2D eigenvalue weighted by molar-refractivity contribution is -0.187. The Kier molecular flexibility index (Phi) is 4.71. The molecule has 0 bridgehead atoms. The number of likely N-dealkylation sites (N-methyl/N-ethyl adjacent to an activating group) is 1. The number of hydrogen-bond donors (Lipinski definition) is 2. The summed E-state index contributed by atoms with van der Waals surface area (Å²) in [7, 11) is 1.91. The van der Waals surface area contributed by atoms with E-state index in [0.717, 1.165) is 0 Å². The van der Waals surface area contributed by atoms with E-state index in [9.17, 15) is 14.7 Å². The van der Waals surface area contributed by atoms with Crippen LogP contribution in [0.1, 0.15) is 24.2 Å². The first-order valence-corrected chi connectivity index (χ1v) is 8.52. The predicted molar refractivity (Wildman–Crippen MR) is 92.4 cm³/mol. The summed E-state index contributed by atoms with van der Waals surface area (Å²) in [5.74, 6) is -0.0689. The molecule has 1 aromatic rings. The Morgan fingerprint density at radius 1 is 1.32 bits per heavy atom. The molecule has 7 nitrogen and oxygen atoms in total. The highest BCUT2D eigenvalue weighted by molar-refractivity contribution is 5.95. The third-order valence-corrected chi connectivity index (χ3v) is 4.69. The summed E-state index contributed by atoms with van der Waals surface area (Å²) in [5.41, 5.74) is 0.0590. The zero-order chi connectivity index (χ0) is 18.2. The van der Waals surface area contributed by atoms with Gasteiger partial charge in [0.1, 0.15) is 17.4 Å². The van der Waals surface area contributed by atoms with Gasteiger partial charge >= 0.3 is 0 Å². The van der Waals surface area contributed by atoms with Crippen molar-refractivity contribution in [2.75, 3.05) is 33.3 Å². The highest BCUT2D eigenvalue weighted by Crippen LogP contribution is 2.32.